The minimum absolute atomic E-state index is 0.123. The normalized spacial score (nSPS) is 12.2. The smallest absolute Gasteiger partial charge is 0.326 e. The molecule has 1 rings (SSSR count). The molecule has 1 heterocycles. The summed E-state index contributed by atoms with van der Waals surface area (Å²) in [5.41, 5.74) is 0.699. The van der Waals surface area contributed by atoms with Gasteiger partial charge in [-0.1, -0.05) is 11.3 Å². The summed E-state index contributed by atoms with van der Waals surface area (Å²) in [6, 6.07) is -0.905. The van der Waals surface area contributed by atoms with Gasteiger partial charge in [-0.05, 0) is 13.8 Å². The fourth-order valence-corrected chi connectivity index (χ4v) is 1.96. The Morgan fingerprint density at radius 3 is 2.59 bits per heavy atom. The number of carbonyl (C=O) groups is 2. The van der Waals surface area contributed by atoms with E-state index >= 15 is 0 Å². The molecule has 0 aromatic carbocycles. The Bertz CT molecular complexity index is 491. The first kappa shape index (κ1) is 13.4. The average Bonchev–Trinajstić information content (AvgIpc) is 2.58. The summed E-state index contributed by atoms with van der Waals surface area (Å²) < 4.78 is 1.33. The minimum Gasteiger partial charge on any atom is -0.480 e. The number of likely N-dealkylation sites (N-methyl/N-ethyl adjacent to an activating group) is 1. The fraction of sp³-hybridized carbons (Fsp3) is 0.500. The topological polar surface area (TPSA) is 79.6 Å². The highest BCUT2D eigenvalue weighted by Crippen LogP contribution is 2.02. The molecule has 1 aromatic heterocycles. The van der Waals surface area contributed by atoms with Crippen LogP contribution >= 0.6 is 11.3 Å². The molecule has 0 spiro atoms. The second-order valence-corrected chi connectivity index (χ2v) is 4.57. The zero-order valence-electron chi connectivity index (χ0n) is 9.84. The Labute approximate surface area is 102 Å². The van der Waals surface area contributed by atoms with Crippen molar-refractivity contribution >= 4 is 23.2 Å². The molecule has 0 bridgehead atoms. The van der Waals surface area contributed by atoms with Gasteiger partial charge in [0.1, 0.15) is 12.6 Å². The zero-order valence-corrected chi connectivity index (χ0v) is 10.7. The van der Waals surface area contributed by atoms with Crippen LogP contribution in [0.2, 0.25) is 0 Å². The summed E-state index contributed by atoms with van der Waals surface area (Å²) in [4.78, 5) is 34.8. The molecule has 1 aromatic rings. The number of aliphatic carboxylic acids is 1. The van der Waals surface area contributed by atoms with Crippen LogP contribution in [0.1, 0.15) is 12.6 Å². The third-order valence-electron chi connectivity index (χ3n) is 2.60. The molecule has 1 N–H and O–H groups in total. The molecule has 0 saturated heterocycles. The van der Waals surface area contributed by atoms with Crippen molar-refractivity contribution in [3.63, 3.8) is 0 Å². The van der Waals surface area contributed by atoms with Crippen molar-refractivity contribution in [3.05, 3.63) is 20.7 Å². The molecule has 0 aliphatic carbocycles. The number of rotatable bonds is 4. The van der Waals surface area contributed by atoms with Crippen molar-refractivity contribution < 1.29 is 14.7 Å². The first-order chi connectivity index (χ1) is 7.84. The van der Waals surface area contributed by atoms with E-state index in [0.29, 0.717) is 5.69 Å². The maximum absolute atomic E-state index is 11.8. The zero-order chi connectivity index (χ0) is 13.2. The number of hydrogen-bond acceptors (Lipinski definition) is 4. The van der Waals surface area contributed by atoms with Crippen LogP contribution in [0.3, 0.4) is 0 Å². The molecule has 17 heavy (non-hydrogen) atoms. The number of carbonyl (C=O) groups excluding carboxylic acids is 1. The summed E-state index contributed by atoms with van der Waals surface area (Å²) in [6.45, 7) is 3.03. The molecule has 0 radical (unpaired) electrons. The van der Waals surface area contributed by atoms with E-state index in [1.54, 1.807) is 12.3 Å². The van der Waals surface area contributed by atoms with Crippen LogP contribution in [0.4, 0.5) is 0 Å². The van der Waals surface area contributed by atoms with E-state index in [-0.39, 0.29) is 11.4 Å². The van der Waals surface area contributed by atoms with Crippen molar-refractivity contribution in [1.29, 1.82) is 0 Å². The Kier molecular flexibility index (Phi) is 4.06. The number of carboxylic acids is 1. The lowest BCUT2D eigenvalue weighted by molar-refractivity contribution is -0.148. The van der Waals surface area contributed by atoms with E-state index in [4.69, 9.17) is 5.11 Å². The molecule has 1 atom stereocenters. The number of nitrogens with zero attached hydrogens (tertiary/aromatic N) is 2. The van der Waals surface area contributed by atoms with Crippen LogP contribution < -0.4 is 4.87 Å². The Balaban J connectivity index is 2.80. The Hall–Kier alpha value is -1.63. The summed E-state index contributed by atoms with van der Waals surface area (Å²) in [5.74, 6) is -1.47. The van der Waals surface area contributed by atoms with Crippen LogP contribution in [0.5, 0.6) is 0 Å². The van der Waals surface area contributed by atoms with E-state index in [1.807, 2.05) is 0 Å². The van der Waals surface area contributed by atoms with Gasteiger partial charge >= 0.3 is 10.8 Å². The Morgan fingerprint density at radius 1 is 1.59 bits per heavy atom. The number of amides is 1. The quantitative estimate of drug-likeness (QED) is 0.833. The summed E-state index contributed by atoms with van der Waals surface area (Å²) in [6.07, 6.45) is 0. The molecule has 0 fully saturated rings. The van der Waals surface area contributed by atoms with Gasteiger partial charge in [0.25, 0.3) is 0 Å². The maximum Gasteiger partial charge on any atom is 0.326 e. The lowest BCUT2D eigenvalue weighted by Crippen LogP contribution is -2.42. The van der Waals surface area contributed by atoms with Crippen LogP contribution in [-0.4, -0.2) is 39.5 Å². The van der Waals surface area contributed by atoms with Crippen molar-refractivity contribution in [2.75, 3.05) is 7.05 Å². The van der Waals surface area contributed by atoms with Gasteiger partial charge in [0.15, 0.2) is 0 Å². The molecule has 94 valence electrons. The summed E-state index contributed by atoms with van der Waals surface area (Å²) >= 11 is 1.02. The fourth-order valence-electron chi connectivity index (χ4n) is 1.22. The van der Waals surface area contributed by atoms with E-state index in [2.05, 4.69) is 0 Å². The van der Waals surface area contributed by atoms with Crippen LogP contribution in [-0.2, 0) is 16.1 Å². The highest BCUT2D eigenvalue weighted by Gasteiger charge is 2.22. The molecular weight excluding hydrogens is 244 g/mol. The van der Waals surface area contributed by atoms with Crippen LogP contribution in [0, 0.1) is 6.92 Å². The molecule has 0 aliphatic rings. The van der Waals surface area contributed by atoms with Crippen molar-refractivity contribution in [3.8, 4) is 0 Å². The second-order valence-electron chi connectivity index (χ2n) is 3.75. The van der Waals surface area contributed by atoms with Gasteiger partial charge in [-0.3, -0.25) is 14.2 Å². The van der Waals surface area contributed by atoms with E-state index in [0.717, 1.165) is 16.2 Å². The lowest BCUT2D eigenvalue weighted by Gasteiger charge is -2.21. The van der Waals surface area contributed by atoms with Gasteiger partial charge in [-0.2, -0.15) is 0 Å². The minimum atomic E-state index is -1.07. The number of carboxylic acid groups (broad SMARTS) is 1. The van der Waals surface area contributed by atoms with Crippen molar-refractivity contribution in [1.82, 2.24) is 9.47 Å². The maximum atomic E-state index is 11.8. The van der Waals surface area contributed by atoms with E-state index in [9.17, 15) is 14.4 Å². The molecule has 1 amide bonds. The van der Waals surface area contributed by atoms with Gasteiger partial charge in [0.2, 0.25) is 5.91 Å². The summed E-state index contributed by atoms with van der Waals surface area (Å²) in [5, 5.41) is 10.4. The second kappa shape index (κ2) is 5.13. The van der Waals surface area contributed by atoms with Crippen molar-refractivity contribution in [2.45, 2.75) is 26.4 Å². The number of thiazole rings is 1. The van der Waals surface area contributed by atoms with Gasteiger partial charge in [-0.25, -0.2) is 4.79 Å². The van der Waals surface area contributed by atoms with E-state index in [1.165, 1.54) is 18.5 Å². The first-order valence-corrected chi connectivity index (χ1v) is 5.86. The molecule has 7 heteroatoms. The lowest BCUT2D eigenvalue weighted by atomic mass is 10.3. The number of aromatic nitrogens is 1. The highest BCUT2D eigenvalue weighted by atomic mass is 32.1. The third kappa shape index (κ3) is 2.94. The predicted molar refractivity (Wildman–Crippen MR) is 63.2 cm³/mol. The first-order valence-electron chi connectivity index (χ1n) is 4.98. The molecule has 0 saturated carbocycles. The van der Waals surface area contributed by atoms with E-state index < -0.39 is 17.9 Å². The number of hydrogen-bond donors (Lipinski definition) is 1. The largest absolute Gasteiger partial charge is 0.480 e. The van der Waals surface area contributed by atoms with Gasteiger partial charge in [0, 0.05) is 18.1 Å². The molecule has 1 unspecified atom stereocenters. The number of aryl methyl sites for hydroxylation is 1. The monoisotopic (exact) mass is 258 g/mol. The van der Waals surface area contributed by atoms with Gasteiger partial charge in [0.05, 0.1) is 0 Å². The highest BCUT2D eigenvalue weighted by molar-refractivity contribution is 7.07. The Morgan fingerprint density at radius 2 is 2.18 bits per heavy atom. The molecule has 6 nitrogen and oxygen atoms in total. The molecule has 0 aliphatic heterocycles. The standard InChI is InChI=1S/C10H14N2O4S/c1-6-5-17-10(16)12(6)4-8(13)11(3)7(2)9(14)15/h5,7H,4H2,1-3H3,(H,14,15). The SMILES string of the molecule is Cc1csc(=O)n1CC(=O)N(C)C(C)C(=O)O. The van der Waals surface area contributed by atoms with Crippen molar-refractivity contribution in [2.24, 2.45) is 0 Å². The molecular formula is C10H14N2O4S. The van der Waals surface area contributed by atoms with Gasteiger partial charge in [-0.15, -0.1) is 0 Å². The van der Waals surface area contributed by atoms with Crippen LogP contribution in [0.15, 0.2) is 10.2 Å². The van der Waals surface area contributed by atoms with Gasteiger partial charge < -0.3 is 10.0 Å². The summed E-state index contributed by atoms with van der Waals surface area (Å²) in [7, 11) is 1.41. The van der Waals surface area contributed by atoms with Crippen LogP contribution in [0.25, 0.3) is 0 Å². The average molecular weight is 258 g/mol. The predicted octanol–water partition coefficient (Wildman–Crippen LogP) is 0.150. The third-order valence-corrected chi connectivity index (χ3v) is 3.48.